The van der Waals surface area contributed by atoms with Crippen molar-refractivity contribution in [3.63, 3.8) is 0 Å². The van der Waals surface area contributed by atoms with Crippen LogP contribution in [-0.2, 0) is 21.0 Å². The van der Waals surface area contributed by atoms with Crippen LogP contribution >= 0.6 is 0 Å². The topological polar surface area (TPSA) is 123 Å². The lowest BCUT2D eigenvalue weighted by Gasteiger charge is -2.13. The number of hydrogen-bond donors (Lipinski definition) is 1. The van der Waals surface area contributed by atoms with E-state index in [2.05, 4.69) is 43.4 Å². The van der Waals surface area contributed by atoms with E-state index in [0.29, 0.717) is 17.4 Å². The van der Waals surface area contributed by atoms with Gasteiger partial charge in [-0.05, 0) is 47.2 Å². The molecule has 0 aliphatic carbocycles. The minimum atomic E-state index is -0.744. The highest BCUT2D eigenvalue weighted by Gasteiger charge is 2.33. The molecule has 3 aromatic carbocycles. The number of para-hydroxylation sites is 1. The molecule has 0 radical (unpaired) electrons. The van der Waals surface area contributed by atoms with Crippen LogP contribution in [0.25, 0.3) is 33.2 Å². The maximum absolute atomic E-state index is 12.4. The van der Waals surface area contributed by atoms with Crippen LogP contribution < -0.4 is 0 Å². The molecule has 0 bridgehead atoms. The van der Waals surface area contributed by atoms with E-state index in [9.17, 15) is 14.4 Å². The molecule has 0 atom stereocenters. The zero-order valence-corrected chi connectivity index (χ0v) is 18.3. The fraction of sp³-hybridized carbons (Fsp3) is 0.120. The lowest BCUT2D eigenvalue weighted by Crippen LogP contribution is -2.32. The summed E-state index contributed by atoms with van der Waals surface area (Å²) in [4.78, 5) is 40.8. The smallest absolute Gasteiger partial charge is 0.336 e. The Morgan fingerprint density at radius 3 is 2.40 bits per heavy atom. The van der Waals surface area contributed by atoms with Gasteiger partial charge in [-0.1, -0.05) is 30.3 Å². The summed E-state index contributed by atoms with van der Waals surface area (Å²) >= 11 is 0. The van der Waals surface area contributed by atoms with Crippen molar-refractivity contribution in [2.24, 2.45) is 0 Å². The van der Waals surface area contributed by atoms with Gasteiger partial charge in [-0.3, -0.25) is 9.59 Å². The van der Waals surface area contributed by atoms with E-state index in [4.69, 9.17) is 4.84 Å². The van der Waals surface area contributed by atoms with Crippen LogP contribution in [0.2, 0.25) is 0 Å². The number of nitrogens with one attached hydrogen (secondary N) is 1. The number of imide groups is 1. The maximum atomic E-state index is 12.4. The number of aromatic nitrogens is 5. The Balaban J connectivity index is 1.30. The first-order valence-corrected chi connectivity index (χ1v) is 11.0. The molecule has 2 amide bonds. The number of fused-ring (bicyclic) bond motifs is 3. The number of benzene rings is 3. The molecule has 172 valence electrons. The van der Waals surface area contributed by atoms with Crippen molar-refractivity contribution in [1.82, 2.24) is 30.3 Å². The zero-order valence-electron chi connectivity index (χ0n) is 18.3. The Kier molecular flexibility index (Phi) is 4.84. The monoisotopic (exact) mass is 466 g/mol. The quantitative estimate of drug-likeness (QED) is 0.395. The van der Waals surface area contributed by atoms with Gasteiger partial charge < -0.3 is 9.40 Å². The van der Waals surface area contributed by atoms with Crippen molar-refractivity contribution < 1.29 is 19.2 Å². The summed E-state index contributed by atoms with van der Waals surface area (Å²) in [5.74, 6) is -1.22. The number of rotatable bonds is 5. The Hall–Kier alpha value is -4.86. The summed E-state index contributed by atoms with van der Waals surface area (Å²) in [6, 6.07) is 21.1. The van der Waals surface area contributed by atoms with Crippen molar-refractivity contribution in [3.8, 4) is 11.4 Å². The lowest BCUT2D eigenvalue weighted by atomic mass is 10.1. The van der Waals surface area contributed by atoms with Crippen LogP contribution in [0.4, 0.5) is 0 Å². The third-order valence-corrected chi connectivity index (χ3v) is 6.09. The molecule has 0 spiro atoms. The van der Waals surface area contributed by atoms with Gasteiger partial charge in [0.25, 0.3) is 11.8 Å². The molecule has 1 aliphatic rings. The number of carbonyl (C=O) groups excluding carboxylic acids is 3. The second kappa shape index (κ2) is 8.17. The predicted octanol–water partition coefficient (Wildman–Crippen LogP) is 3.24. The third kappa shape index (κ3) is 3.61. The summed E-state index contributed by atoms with van der Waals surface area (Å²) in [5, 5.41) is 17.0. The highest BCUT2D eigenvalue weighted by atomic mass is 16.7. The summed E-state index contributed by atoms with van der Waals surface area (Å²) in [6.45, 7) is 0.573. The zero-order chi connectivity index (χ0) is 23.9. The summed E-state index contributed by atoms with van der Waals surface area (Å²) in [5.41, 5.74) is 4.22. The summed E-state index contributed by atoms with van der Waals surface area (Å²) in [6.07, 6.45) is 0.112. The molecule has 35 heavy (non-hydrogen) atoms. The second-order valence-electron chi connectivity index (χ2n) is 8.23. The molecule has 10 heteroatoms. The number of amides is 2. The van der Waals surface area contributed by atoms with Crippen molar-refractivity contribution in [2.45, 2.75) is 19.4 Å². The van der Waals surface area contributed by atoms with Gasteiger partial charge in [-0.2, -0.15) is 5.21 Å². The van der Waals surface area contributed by atoms with Crippen LogP contribution in [0.3, 0.4) is 0 Å². The van der Waals surface area contributed by atoms with E-state index in [1.807, 2.05) is 36.4 Å². The Labute approximate surface area is 198 Å². The largest absolute Gasteiger partial charge is 0.363 e. The molecule has 10 nitrogen and oxygen atoms in total. The average molecular weight is 466 g/mol. The number of nitrogens with zero attached hydrogens (tertiary/aromatic N) is 5. The van der Waals surface area contributed by atoms with Crippen molar-refractivity contribution in [2.75, 3.05) is 0 Å². The first kappa shape index (κ1) is 20.7. The first-order valence-electron chi connectivity index (χ1n) is 11.0. The fourth-order valence-electron chi connectivity index (χ4n) is 4.37. The van der Waals surface area contributed by atoms with E-state index in [1.165, 1.54) is 0 Å². The van der Waals surface area contributed by atoms with Gasteiger partial charge in [0.05, 0.1) is 5.56 Å². The summed E-state index contributed by atoms with van der Waals surface area (Å²) in [7, 11) is 0. The van der Waals surface area contributed by atoms with Crippen LogP contribution in [0.15, 0.2) is 66.7 Å². The van der Waals surface area contributed by atoms with Gasteiger partial charge in [-0.25, -0.2) is 4.79 Å². The molecular weight excluding hydrogens is 448 g/mol. The Morgan fingerprint density at radius 2 is 1.66 bits per heavy atom. The fourth-order valence-corrected chi connectivity index (χ4v) is 4.37. The molecule has 1 aliphatic heterocycles. The number of hydrogen-bond acceptors (Lipinski definition) is 7. The molecule has 6 rings (SSSR count). The van der Waals surface area contributed by atoms with Gasteiger partial charge in [0.2, 0.25) is 5.82 Å². The van der Waals surface area contributed by atoms with E-state index in [-0.39, 0.29) is 18.4 Å². The number of hydroxylamine groups is 2. The minimum Gasteiger partial charge on any atom is -0.336 e. The Morgan fingerprint density at radius 1 is 0.914 bits per heavy atom. The van der Waals surface area contributed by atoms with Crippen molar-refractivity contribution in [1.29, 1.82) is 0 Å². The number of H-pyrrole nitrogens is 1. The van der Waals surface area contributed by atoms with Crippen LogP contribution in [-0.4, -0.2) is 48.0 Å². The SMILES string of the molecule is O=C(ON1C(=O)CCC1=O)c1ccc(Cn2c3ccccc3c3cc(-c4nn[nH]n4)ccc32)cc1. The molecule has 3 heterocycles. The molecular formula is C25H18N6O4. The first-order chi connectivity index (χ1) is 17.1. The van der Waals surface area contributed by atoms with Crippen molar-refractivity contribution >= 4 is 39.6 Å². The highest BCUT2D eigenvalue weighted by Crippen LogP contribution is 2.32. The number of carbonyl (C=O) groups is 3. The standard InChI is InChI=1S/C25H18N6O4/c32-22-11-12-23(33)31(22)35-25(34)16-7-5-15(6-8-16)14-30-20-4-2-1-3-18(20)19-13-17(9-10-21(19)30)24-26-28-29-27-24/h1-10,13H,11-12,14H2,(H,26,27,28,29). The highest BCUT2D eigenvalue weighted by molar-refractivity contribution is 6.09. The number of tetrazole rings is 1. The van der Waals surface area contributed by atoms with E-state index in [1.54, 1.807) is 12.1 Å². The van der Waals surface area contributed by atoms with Crippen LogP contribution in [0, 0.1) is 0 Å². The van der Waals surface area contributed by atoms with Gasteiger partial charge in [0, 0.05) is 46.8 Å². The molecule has 1 saturated heterocycles. The van der Waals surface area contributed by atoms with Gasteiger partial charge in [-0.15, -0.1) is 15.3 Å². The summed E-state index contributed by atoms with van der Waals surface area (Å²) < 4.78 is 2.21. The predicted molar refractivity (Wildman–Crippen MR) is 125 cm³/mol. The lowest BCUT2D eigenvalue weighted by molar-refractivity contribution is -0.172. The van der Waals surface area contributed by atoms with Crippen LogP contribution in [0.5, 0.6) is 0 Å². The molecule has 1 N–H and O–H groups in total. The molecule has 0 unspecified atom stereocenters. The second-order valence-corrected chi connectivity index (χ2v) is 8.23. The van der Waals surface area contributed by atoms with Crippen molar-refractivity contribution in [3.05, 3.63) is 77.9 Å². The molecule has 1 fully saturated rings. The van der Waals surface area contributed by atoms with E-state index >= 15 is 0 Å². The molecule has 0 saturated carbocycles. The maximum Gasteiger partial charge on any atom is 0.363 e. The van der Waals surface area contributed by atoms with Gasteiger partial charge >= 0.3 is 5.97 Å². The van der Waals surface area contributed by atoms with E-state index < -0.39 is 17.8 Å². The number of aromatic amines is 1. The molecule has 5 aromatic rings. The third-order valence-electron chi connectivity index (χ3n) is 6.09. The Bertz CT molecular complexity index is 1590. The average Bonchev–Trinajstić information content (AvgIpc) is 3.60. The van der Waals surface area contributed by atoms with Gasteiger partial charge in [0.1, 0.15) is 0 Å². The van der Waals surface area contributed by atoms with Gasteiger partial charge in [0.15, 0.2) is 0 Å². The van der Waals surface area contributed by atoms with Crippen LogP contribution in [0.1, 0.15) is 28.8 Å². The van der Waals surface area contributed by atoms with E-state index in [0.717, 1.165) is 32.9 Å². The molecule has 2 aromatic heterocycles. The normalized spacial score (nSPS) is 13.8. The minimum absolute atomic E-state index is 0.0560.